The van der Waals surface area contributed by atoms with Crippen LogP contribution in [0.2, 0.25) is 0 Å². The summed E-state index contributed by atoms with van der Waals surface area (Å²) in [7, 11) is 1.13. The van der Waals surface area contributed by atoms with Gasteiger partial charge in [-0.2, -0.15) is 0 Å². The average Bonchev–Trinajstić information content (AvgIpc) is 3.42. The Morgan fingerprint density at radius 3 is 2.53 bits per heavy atom. The summed E-state index contributed by atoms with van der Waals surface area (Å²) in [5.41, 5.74) is -7.26. The average molecular weight is 683 g/mol. The van der Waals surface area contributed by atoms with Crippen LogP contribution in [0.15, 0.2) is 48.7 Å². The summed E-state index contributed by atoms with van der Waals surface area (Å²) in [6.45, 7) is 5.20. The molecule has 0 amide bonds. The predicted molar refractivity (Wildman–Crippen MR) is 164 cm³/mol. The lowest BCUT2D eigenvalue weighted by Gasteiger charge is -2.66. The molecular weight excluding hydrogens is 640 g/mol. The lowest BCUT2D eigenvalue weighted by Crippen LogP contribution is -2.78. The van der Waals surface area contributed by atoms with E-state index in [0.29, 0.717) is 6.42 Å². The number of esters is 2. The van der Waals surface area contributed by atoms with E-state index in [1.165, 1.54) is 12.3 Å². The summed E-state index contributed by atoms with van der Waals surface area (Å²) in [5.74, 6) is -7.05. The van der Waals surface area contributed by atoms with E-state index in [1.807, 2.05) is 44.2 Å². The smallest absolute Gasteiger partial charge is 0.366 e. The second-order valence-electron chi connectivity index (χ2n) is 15.9. The van der Waals surface area contributed by atoms with Crippen LogP contribution in [-0.2, 0) is 42.7 Å². The number of hydrogen-bond donors (Lipinski definition) is 4. The summed E-state index contributed by atoms with van der Waals surface area (Å²) >= 11 is 0. The van der Waals surface area contributed by atoms with Gasteiger partial charge in [0.1, 0.15) is 17.3 Å². The molecule has 16 atom stereocenters. The molecule has 7 fully saturated rings. The van der Waals surface area contributed by atoms with Gasteiger partial charge in [-0.05, 0) is 31.1 Å². The molecule has 3 saturated carbocycles. The molecule has 3 aliphatic carbocycles. The number of aliphatic hydroxyl groups is 4. The SMILES string of the molecule is COC(=O)[C@@]1(O)OC[C@@]23[C@@H](OC(=O)/C=C/c4ccccc4)C[C@@H](O)[C@@]4(C)CO[C@@H]([C@@H](O)[C@@](C)([C@]56O[C@@]5(C)[C@H]5C[C@@H]6O[C@@H]6OC=C[C@@]65O)[C@@H]21)[C@@H]43. The Labute approximate surface area is 282 Å². The Morgan fingerprint density at radius 1 is 1.04 bits per heavy atom. The maximum atomic E-state index is 13.8. The molecule has 1 aromatic carbocycles. The van der Waals surface area contributed by atoms with Gasteiger partial charge in [-0.3, -0.25) is 0 Å². The zero-order chi connectivity index (χ0) is 34.6. The number of benzene rings is 1. The van der Waals surface area contributed by atoms with Crippen molar-refractivity contribution in [3.8, 4) is 0 Å². The van der Waals surface area contributed by atoms with Crippen LogP contribution in [0.3, 0.4) is 0 Å². The monoisotopic (exact) mass is 682 g/mol. The highest BCUT2D eigenvalue weighted by Crippen LogP contribution is 2.82. The molecular formula is C36H42O13. The van der Waals surface area contributed by atoms with Crippen LogP contribution in [0, 0.1) is 34.0 Å². The number of hydrogen-bond acceptors (Lipinski definition) is 13. The van der Waals surface area contributed by atoms with Gasteiger partial charge in [0.15, 0.2) is 5.60 Å². The minimum Gasteiger partial charge on any atom is -0.469 e. The molecule has 9 rings (SSSR count). The number of aliphatic hydroxyl groups excluding tert-OH is 2. The van der Waals surface area contributed by atoms with E-state index in [-0.39, 0.29) is 19.6 Å². The molecule has 49 heavy (non-hydrogen) atoms. The number of rotatable bonds is 5. The Kier molecular flexibility index (Phi) is 6.35. The van der Waals surface area contributed by atoms with E-state index in [2.05, 4.69) is 0 Å². The molecule has 2 bridgehead atoms. The third-order valence-electron chi connectivity index (χ3n) is 14.1. The Hall–Kier alpha value is -2.88. The van der Waals surface area contributed by atoms with Crippen molar-refractivity contribution in [2.24, 2.45) is 34.0 Å². The van der Waals surface area contributed by atoms with Gasteiger partial charge < -0.3 is 53.6 Å². The molecule has 1 spiro atoms. The molecule has 13 heteroatoms. The van der Waals surface area contributed by atoms with E-state index in [4.69, 9.17) is 33.2 Å². The Balaban J connectivity index is 1.22. The highest BCUT2D eigenvalue weighted by atomic mass is 16.7. The van der Waals surface area contributed by atoms with Crippen LogP contribution in [-0.4, -0.2) is 112 Å². The molecule has 4 saturated heterocycles. The number of carbonyl (C=O) groups is 2. The molecule has 0 radical (unpaired) electrons. The van der Waals surface area contributed by atoms with Crippen LogP contribution in [0.5, 0.6) is 0 Å². The first-order valence-corrected chi connectivity index (χ1v) is 17.0. The van der Waals surface area contributed by atoms with Crippen molar-refractivity contribution in [2.75, 3.05) is 20.3 Å². The van der Waals surface area contributed by atoms with Crippen molar-refractivity contribution >= 4 is 18.0 Å². The highest BCUT2D eigenvalue weighted by Gasteiger charge is 2.96. The maximum absolute atomic E-state index is 13.8. The summed E-state index contributed by atoms with van der Waals surface area (Å²) in [6.07, 6.45) is -0.113. The molecule has 5 heterocycles. The van der Waals surface area contributed by atoms with Gasteiger partial charge in [0.05, 0.1) is 51.0 Å². The largest absolute Gasteiger partial charge is 0.469 e. The van der Waals surface area contributed by atoms with Crippen LogP contribution in [0.4, 0.5) is 0 Å². The third kappa shape index (κ3) is 3.44. The van der Waals surface area contributed by atoms with E-state index in [1.54, 1.807) is 19.1 Å². The van der Waals surface area contributed by atoms with Crippen molar-refractivity contribution in [1.29, 1.82) is 0 Å². The normalized spacial score (nSPS) is 55.6. The first-order chi connectivity index (χ1) is 23.2. The number of carbonyl (C=O) groups excluding carboxylic acids is 2. The maximum Gasteiger partial charge on any atom is 0.366 e. The number of epoxide rings is 1. The van der Waals surface area contributed by atoms with E-state index in [0.717, 1.165) is 12.7 Å². The van der Waals surface area contributed by atoms with Gasteiger partial charge in [0.25, 0.3) is 5.79 Å². The molecule has 8 aliphatic rings. The Bertz CT molecular complexity index is 1670. The Morgan fingerprint density at radius 2 is 1.80 bits per heavy atom. The lowest BCUT2D eigenvalue weighted by molar-refractivity contribution is -0.314. The fourth-order valence-corrected chi connectivity index (χ4v) is 12.2. The molecule has 0 unspecified atom stereocenters. The second kappa shape index (κ2) is 9.71. The van der Waals surface area contributed by atoms with Gasteiger partial charge in [-0.1, -0.05) is 44.2 Å². The standard InChI is InChI=1S/C36H42O13/c1-30-16-45-24-25(30)33(21(15-20(30)37)47-23(38)11-10-18-8-6-5-7-9-18)17-46-35(42,28(40)43-4)27(33)31(2,26(24)39)36-22-14-19(32(36,3)49-36)34(41)12-13-44-29(34)48-22/h5-13,19-22,24-27,29,37,39,41-42H,14-17H2,1-4H3/b11-10+/t19-,20-,21+,22+,24-,25+,26-,27+,29+,30-,31-,32+,33+,34+,35+,36+/m1/s1. The van der Waals surface area contributed by atoms with Crippen LogP contribution in [0.25, 0.3) is 6.08 Å². The lowest BCUT2D eigenvalue weighted by atomic mass is 9.37. The van der Waals surface area contributed by atoms with E-state index >= 15 is 0 Å². The molecule has 0 aromatic heterocycles. The number of fused-ring (bicyclic) bond motifs is 7. The zero-order valence-electron chi connectivity index (χ0n) is 27.7. The van der Waals surface area contributed by atoms with Crippen molar-refractivity contribution in [2.45, 2.75) is 93.0 Å². The first kappa shape index (κ1) is 32.1. The van der Waals surface area contributed by atoms with Gasteiger partial charge in [0, 0.05) is 46.5 Å². The van der Waals surface area contributed by atoms with E-state index in [9.17, 15) is 30.0 Å². The van der Waals surface area contributed by atoms with Crippen LogP contribution >= 0.6 is 0 Å². The highest BCUT2D eigenvalue weighted by molar-refractivity contribution is 5.87. The predicted octanol–water partition coefficient (Wildman–Crippen LogP) is 0.820. The summed E-state index contributed by atoms with van der Waals surface area (Å²) < 4.78 is 42.9. The molecule has 264 valence electrons. The van der Waals surface area contributed by atoms with Gasteiger partial charge in [0.2, 0.25) is 6.29 Å². The molecule has 13 nitrogen and oxygen atoms in total. The van der Waals surface area contributed by atoms with Crippen molar-refractivity contribution in [3.05, 3.63) is 54.3 Å². The fourth-order valence-electron chi connectivity index (χ4n) is 12.2. The van der Waals surface area contributed by atoms with Gasteiger partial charge in [-0.25, -0.2) is 9.59 Å². The van der Waals surface area contributed by atoms with Gasteiger partial charge in [-0.15, -0.1) is 0 Å². The van der Waals surface area contributed by atoms with Crippen molar-refractivity contribution in [3.63, 3.8) is 0 Å². The molecule has 4 N–H and O–H groups in total. The summed E-state index contributed by atoms with van der Waals surface area (Å²) in [5, 5.41) is 48.8. The summed E-state index contributed by atoms with van der Waals surface area (Å²) in [4.78, 5) is 27.4. The fraction of sp³-hybridized carbons (Fsp3) is 0.667. The number of methoxy groups -OCH3 is 1. The second-order valence-corrected chi connectivity index (χ2v) is 15.9. The summed E-state index contributed by atoms with van der Waals surface area (Å²) in [6, 6.07) is 9.21. The zero-order valence-corrected chi connectivity index (χ0v) is 27.7. The third-order valence-corrected chi connectivity index (χ3v) is 14.1. The molecule has 1 aromatic rings. The minimum absolute atomic E-state index is 0.0502. The van der Waals surface area contributed by atoms with E-state index < -0.39 is 105 Å². The molecule has 5 aliphatic heterocycles. The van der Waals surface area contributed by atoms with Crippen molar-refractivity contribution in [1.82, 2.24) is 0 Å². The number of ether oxygens (including phenoxy) is 7. The topological polar surface area (TPSA) is 183 Å². The first-order valence-electron chi connectivity index (χ1n) is 17.0. The van der Waals surface area contributed by atoms with Gasteiger partial charge >= 0.3 is 11.9 Å². The minimum atomic E-state index is -2.65. The van der Waals surface area contributed by atoms with Crippen molar-refractivity contribution < 1.29 is 63.2 Å². The van der Waals surface area contributed by atoms with Crippen LogP contribution in [0.1, 0.15) is 39.2 Å². The quantitative estimate of drug-likeness (QED) is 0.195. The van der Waals surface area contributed by atoms with Crippen LogP contribution < -0.4 is 0 Å².